The number of nitrogens with zero attached hydrogens (tertiary/aromatic N) is 1. The highest BCUT2D eigenvalue weighted by atomic mass is 28.4. The summed E-state index contributed by atoms with van der Waals surface area (Å²) in [4.78, 5) is 2.60. The fourth-order valence-electron chi connectivity index (χ4n) is 7.40. The summed E-state index contributed by atoms with van der Waals surface area (Å²) in [7, 11) is -2.12. The molecule has 1 aromatic rings. The van der Waals surface area contributed by atoms with Crippen LogP contribution in [0.15, 0.2) is 23.8 Å². The summed E-state index contributed by atoms with van der Waals surface area (Å²) in [5, 5.41) is 0. The van der Waals surface area contributed by atoms with E-state index in [0.29, 0.717) is 22.7 Å². The summed E-state index contributed by atoms with van der Waals surface area (Å²) in [6.07, 6.45) is 8.97. The van der Waals surface area contributed by atoms with Crippen molar-refractivity contribution in [2.75, 3.05) is 19.9 Å². The number of hydrogen-bond acceptors (Lipinski definition) is 5. The minimum Gasteiger partial charge on any atom is -0.454 e. The van der Waals surface area contributed by atoms with Gasteiger partial charge in [-0.3, -0.25) is 4.90 Å². The average molecular weight is 482 g/mol. The molecule has 34 heavy (non-hydrogen) atoms. The molecule has 0 amide bonds. The third-order valence-corrected chi connectivity index (χ3v) is 14.7. The molecule has 0 N–H and O–H groups in total. The van der Waals surface area contributed by atoms with Gasteiger partial charge in [0.05, 0.1) is 12.2 Å². The zero-order chi connectivity index (χ0) is 24.2. The third kappa shape index (κ3) is 3.64. The van der Waals surface area contributed by atoms with Gasteiger partial charge in [0.1, 0.15) is 6.61 Å². The van der Waals surface area contributed by atoms with E-state index in [2.05, 4.69) is 70.6 Å². The first-order chi connectivity index (χ1) is 16.3. The van der Waals surface area contributed by atoms with Crippen molar-refractivity contribution in [2.45, 2.75) is 95.3 Å². The molecule has 1 fully saturated rings. The van der Waals surface area contributed by atoms with Crippen molar-refractivity contribution < 1.29 is 18.6 Å². The summed E-state index contributed by atoms with van der Waals surface area (Å²) in [6, 6.07) is 4.71. The molecule has 4 aliphatic rings. The Hall–Kier alpha value is -1.78. The molecular weight excluding hydrogens is 442 g/mol. The standard InChI is InChI=1S/C28H39NO4Si/c1-8-11-30-28-25(33-34(17(2)3,18(4)5)19(6)7)12-20-9-10-29-15-21-13-23-24(32-16-31-23)14-22(21)26(28)27(20)29/h1,12-14,17-19,25-28H,9-11,15-16H2,2-7H3/t25-,26-,27+,28+/m0/s1. The Morgan fingerprint density at radius 1 is 1.09 bits per heavy atom. The maximum absolute atomic E-state index is 7.37. The van der Waals surface area contributed by atoms with E-state index in [4.69, 9.17) is 25.1 Å². The Bertz CT molecular complexity index is 989. The van der Waals surface area contributed by atoms with Crippen LogP contribution in [0.1, 0.15) is 65.0 Å². The van der Waals surface area contributed by atoms with E-state index >= 15 is 0 Å². The lowest BCUT2D eigenvalue weighted by Gasteiger charge is -2.51. The molecule has 0 spiro atoms. The van der Waals surface area contributed by atoms with Gasteiger partial charge in [0.2, 0.25) is 15.1 Å². The SMILES string of the molecule is C#CCO[C@H]1[C@H]2c3cc4c(cc3CN3CCC(=C[C@@H]1O[Si](C(C)C)(C(C)C)C(C)C)[C@H]23)OCO4. The lowest BCUT2D eigenvalue weighted by Crippen LogP contribution is -2.57. The maximum atomic E-state index is 7.37. The van der Waals surface area contributed by atoms with Crippen molar-refractivity contribution in [2.24, 2.45) is 0 Å². The lowest BCUT2D eigenvalue weighted by molar-refractivity contribution is -0.0386. The summed E-state index contributed by atoms with van der Waals surface area (Å²) >= 11 is 0. The molecule has 1 aliphatic carbocycles. The van der Waals surface area contributed by atoms with Crippen molar-refractivity contribution >= 4 is 8.32 Å². The van der Waals surface area contributed by atoms with Gasteiger partial charge < -0.3 is 18.6 Å². The van der Waals surface area contributed by atoms with E-state index in [-0.39, 0.29) is 31.5 Å². The van der Waals surface area contributed by atoms with Gasteiger partial charge in [0.25, 0.3) is 0 Å². The van der Waals surface area contributed by atoms with E-state index in [1.54, 1.807) is 0 Å². The molecule has 0 unspecified atom stereocenters. The Labute approximate surface area is 205 Å². The van der Waals surface area contributed by atoms with E-state index in [0.717, 1.165) is 31.0 Å². The lowest BCUT2D eigenvalue weighted by atomic mass is 9.73. The van der Waals surface area contributed by atoms with Crippen molar-refractivity contribution in [3.8, 4) is 23.8 Å². The number of terminal acetylenes is 1. The van der Waals surface area contributed by atoms with Crippen LogP contribution in [0.5, 0.6) is 11.5 Å². The second kappa shape index (κ2) is 9.02. The normalized spacial score (nSPS) is 27.7. The highest BCUT2D eigenvalue weighted by molar-refractivity contribution is 6.77. The molecule has 3 aliphatic heterocycles. The molecule has 0 saturated carbocycles. The molecule has 0 bridgehead atoms. The van der Waals surface area contributed by atoms with Crippen LogP contribution in [0, 0.1) is 12.3 Å². The Kier molecular flexibility index (Phi) is 6.35. The van der Waals surface area contributed by atoms with Crippen LogP contribution >= 0.6 is 0 Å². The topological polar surface area (TPSA) is 40.2 Å². The van der Waals surface area contributed by atoms with Crippen molar-refractivity contribution in [1.82, 2.24) is 4.90 Å². The molecule has 5 nitrogen and oxygen atoms in total. The molecule has 184 valence electrons. The summed E-state index contributed by atoms with van der Waals surface area (Å²) in [5.74, 6) is 4.57. The summed E-state index contributed by atoms with van der Waals surface area (Å²) in [6.45, 7) is 16.6. The predicted octanol–water partition coefficient (Wildman–Crippen LogP) is 5.61. The Morgan fingerprint density at radius 2 is 1.76 bits per heavy atom. The van der Waals surface area contributed by atoms with Crippen molar-refractivity contribution in [1.29, 1.82) is 0 Å². The van der Waals surface area contributed by atoms with Crippen LogP contribution in [-0.2, 0) is 15.7 Å². The number of rotatable bonds is 7. The predicted molar refractivity (Wildman–Crippen MR) is 137 cm³/mol. The Morgan fingerprint density at radius 3 is 2.41 bits per heavy atom. The molecule has 1 saturated heterocycles. The highest BCUT2D eigenvalue weighted by Gasteiger charge is 2.54. The maximum Gasteiger partial charge on any atom is 0.231 e. The summed E-state index contributed by atoms with van der Waals surface area (Å²) < 4.78 is 25.4. The second-order valence-corrected chi connectivity index (χ2v) is 16.6. The monoisotopic (exact) mass is 481 g/mol. The minimum atomic E-state index is -2.12. The molecule has 3 heterocycles. The van der Waals surface area contributed by atoms with Gasteiger partial charge in [-0.05, 0) is 46.3 Å². The molecule has 0 aromatic heterocycles. The van der Waals surface area contributed by atoms with Crippen LogP contribution in [0.3, 0.4) is 0 Å². The highest BCUT2D eigenvalue weighted by Crippen LogP contribution is 2.52. The van der Waals surface area contributed by atoms with Gasteiger partial charge in [-0.15, -0.1) is 6.42 Å². The quantitative estimate of drug-likeness (QED) is 0.288. The first kappa shape index (κ1) is 23.9. The van der Waals surface area contributed by atoms with Crippen LogP contribution < -0.4 is 9.47 Å². The van der Waals surface area contributed by atoms with Gasteiger partial charge in [-0.2, -0.15) is 0 Å². The van der Waals surface area contributed by atoms with Gasteiger partial charge in [0, 0.05) is 25.0 Å². The molecule has 1 aromatic carbocycles. The molecule has 5 rings (SSSR count). The van der Waals surface area contributed by atoms with E-state index in [1.807, 2.05) is 0 Å². The van der Waals surface area contributed by atoms with Gasteiger partial charge >= 0.3 is 0 Å². The zero-order valence-electron chi connectivity index (χ0n) is 21.5. The first-order valence-electron chi connectivity index (χ1n) is 12.9. The fraction of sp³-hybridized carbons (Fsp3) is 0.643. The second-order valence-electron chi connectivity index (χ2n) is 11.2. The van der Waals surface area contributed by atoms with E-state index < -0.39 is 8.32 Å². The van der Waals surface area contributed by atoms with Crippen molar-refractivity contribution in [3.05, 3.63) is 34.9 Å². The van der Waals surface area contributed by atoms with E-state index in [9.17, 15) is 0 Å². The van der Waals surface area contributed by atoms with Crippen LogP contribution in [0.25, 0.3) is 0 Å². The van der Waals surface area contributed by atoms with E-state index in [1.165, 1.54) is 16.7 Å². The first-order valence-corrected chi connectivity index (χ1v) is 15.0. The Balaban J connectivity index is 1.61. The number of ether oxygens (including phenoxy) is 3. The van der Waals surface area contributed by atoms with Crippen LogP contribution in [0.2, 0.25) is 16.6 Å². The smallest absolute Gasteiger partial charge is 0.231 e. The minimum absolute atomic E-state index is 0.0974. The zero-order valence-corrected chi connectivity index (χ0v) is 22.5. The fourth-order valence-corrected chi connectivity index (χ4v) is 12.9. The summed E-state index contributed by atoms with van der Waals surface area (Å²) in [5.41, 5.74) is 5.62. The third-order valence-electron chi connectivity index (χ3n) is 8.63. The molecular formula is C28H39NO4Si. The number of fused-ring (bicyclic) bond motifs is 3. The van der Waals surface area contributed by atoms with Gasteiger partial charge in [0.15, 0.2) is 11.5 Å². The molecule has 4 atom stereocenters. The number of hydrogen-bond donors (Lipinski definition) is 0. The van der Waals surface area contributed by atoms with Gasteiger partial charge in [-0.25, -0.2) is 0 Å². The molecule has 0 radical (unpaired) electrons. The van der Waals surface area contributed by atoms with Gasteiger partial charge in [-0.1, -0.05) is 59.1 Å². The average Bonchev–Trinajstić information content (AvgIpc) is 3.41. The largest absolute Gasteiger partial charge is 0.454 e. The number of benzene rings is 1. The molecule has 6 heteroatoms. The van der Waals surface area contributed by atoms with Crippen molar-refractivity contribution in [3.63, 3.8) is 0 Å². The van der Waals surface area contributed by atoms with Crippen LogP contribution in [0.4, 0.5) is 0 Å². The van der Waals surface area contributed by atoms with Crippen LogP contribution in [-0.4, -0.2) is 51.4 Å².